The third-order valence-corrected chi connectivity index (χ3v) is 4.07. The Morgan fingerprint density at radius 3 is 2.70 bits per heavy atom. The summed E-state index contributed by atoms with van der Waals surface area (Å²) in [6.45, 7) is 6.99. The van der Waals surface area contributed by atoms with Gasteiger partial charge in [-0.15, -0.1) is 0 Å². The van der Waals surface area contributed by atoms with E-state index < -0.39 is 0 Å². The molecule has 1 rings (SSSR count). The fourth-order valence-electron chi connectivity index (χ4n) is 2.14. The Morgan fingerprint density at radius 1 is 1.40 bits per heavy atom. The van der Waals surface area contributed by atoms with Gasteiger partial charge in [-0.25, -0.2) is 0 Å². The molecule has 0 heterocycles. The molecule has 0 aliphatic carbocycles. The van der Waals surface area contributed by atoms with Crippen LogP contribution in [-0.2, 0) is 4.79 Å². The van der Waals surface area contributed by atoms with Crippen molar-refractivity contribution in [2.24, 2.45) is 11.1 Å². The van der Waals surface area contributed by atoms with Crippen LogP contribution in [0.15, 0.2) is 28.7 Å². The number of hydrogen-bond acceptors (Lipinski definition) is 2. The number of nitrogens with two attached hydrogens (primary N) is 1. The zero-order valence-electron chi connectivity index (χ0n) is 12.6. The molecular formula is C16H25BrN2O. The van der Waals surface area contributed by atoms with Crippen molar-refractivity contribution in [1.29, 1.82) is 0 Å². The molecule has 0 saturated heterocycles. The molecule has 0 spiro atoms. The van der Waals surface area contributed by atoms with Crippen molar-refractivity contribution >= 4 is 21.8 Å². The van der Waals surface area contributed by atoms with Crippen LogP contribution in [0.2, 0.25) is 0 Å². The van der Waals surface area contributed by atoms with Crippen LogP contribution in [0.1, 0.15) is 51.6 Å². The molecule has 3 nitrogen and oxygen atoms in total. The van der Waals surface area contributed by atoms with Gasteiger partial charge in [0, 0.05) is 10.9 Å². The Morgan fingerprint density at radius 2 is 2.10 bits per heavy atom. The molecule has 0 bridgehead atoms. The Balaban J connectivity index is 2.46. The second-order valence-corrected chi connectivity index (χ2v) is 6.96. The number of halogens is 1. The predicted molar refractivity (Wildman–Crippen MR) is 87.4 cm³/mol. The fourth-order valence-corrected chi connectivity index (χ4v) is 2.56. The van der Waals surface area contributed by atoms with Gasteiger partial charge >= 0.3 is 0 Å². The molecule has 0 aromatic heterocycles. The fraction of sp³-hybridized carbons (Fsp3) is 0.562. The summed E-state index contributed by atoms with van der Waals surface area (Å²) in [6.07, 6.45) is 2.36. The van der Waals surface area contributed by atoms with E-state index in [-0.39, 0.29) is 17.4 Å². The van der Waals surface area contributed by atoms with Crippen LogP contribution in [0.25, 0.3) is 0 Å². The maximum Gasteiger partial charge on any atom is 0.220 e. The normalized spacial score (nSPS) is 13.1. The van der Waals surface area contributed by atoms with Gasteiger partial charge in [-0.1, -0.05) is 41.9 Å². The van der Waals surface area contributed by atoms with Crippen molar-refractivity contribution in [3.05, 3.63) is 34.3 Å². The highest BCUT2D eigenvalue weighted by molar-refractivity contribution is 9.10. The number of hydrogen-bond donors (Lipinski definition) is 2. The smallest absolute Gasteiger partial charge is 0.220 e. The van der Waals surface area contributed by atoms with Gasteiger partial charge in [0.25, 0.3) is 0 Å². The topological polar surface area (TPSA) is 55.1 Å². The lowest BCUT2D eigenvalue weighted by Gasteiger charge is -2.24. The van der Waals surface area contributed by atoms with Gasteiger partial charge in [-0.3, -0.25) is 4.79 Å². The van der Waals surface area contributed by atoms with Gasteiger partial charge in [0.2, 0.25) is 5.91 Å². The minimum absolute atomic E-state index is 0.0256. The Bertz CT molecular complexity index is 446. The second-order valence-electron chi connectivity index (χ2n) is 6.05. The number of nitrogens with one attached hydrogen (secondary N) is 1. The first-order valence-corrected chi connectivity index (χ1v) is 7.88. The first kappa shape index (κ1) is 17.2. The van der Waals surface area contributed by atoms with E-state index in [4.69, 9.17) is 5.73 Å². The lowest BCUT2D eigenvalue weighted by Crippen LogP contribution is -2.28. The summed E-state index contributed by atoms with van der Waals surface area (Å²) in [4.78, 5) is 12.0. The number of amides is 1. The summed E-state index contributed by atoms with van der Waals surface area (Å²) in [5.41, 5.74) is 6.82. The van der Waals surface area contributed by atoms with E-state index in [1.54, 1.807) is 0 Å². The van der Waals surface area contributed by atoms with Crippen molar-refractivity contribution in [2.45, 2.75) is 46.1 Å². The Kier molecular flexibility index (Phi) is 6.69. The molecular weight excluding hydrogens is 316 g/mol. The van der Waals surface area contributed by atoms with Crippen LogP contribution in [0, 0.1) is 5.41 Å². The van der Waals surface area contributed by atoms with E-state index in [0.29, 0.717) is 13.0 Å². The molecule has 1 aromatic rings. The zero-order chi connectivity index (χ0) is 15.2. The molecule has 1 aromatic carbocycles. The highest BCUT2D eigenvalue weighted by Crippen LogP contribution is 2.26. The molecule has 0 aliphatic rings. The van der Waals surface area contributed by atoms with Gasteiger partial charge in [0.1, 0.15) is 0 Å². The lowest BCUT2D eigenvalue weighted by atomic mass is 9.84. The summed E-state index contributed by atoms with van der Waals surface area (Å²) in [6, 6.07) is 8.04. The number of rotatable bonds is 7. The molecule has 1 unspecified atom stereocenters. The molecule has 0 fully saturated rings. The number of carbonyl (C=O) groups is 1. The van der Waals surface area contributed by atoms with Crippen molar-refractivity contribution in [2.75, 3.05) is 6.54 Å². The van der Waals surface area contributed by atoms with Crippen LogP contribution in [0.5, 0.6) is 0 Å². The SMILES string of the molecule is CC(NC(=O)CCC(C)(C)CCN)c1cccc(Br)c1. The van der Waals surface area contributed by atoms with Gasteiger partial charge in [0.05, 0.1) is 6.04 Å². The van der Waals surface area contributed by atoms with Gasteiger partial charge in [-0.2, -0.15) is 0 Å². The summed E-state index contributed by atoms with van der Waals surface area (Å²) in [7, 11) is 0. The first-order valence-electron chi connectivity index (χ1n) is 7.09. The standard InChI is InChI=1S/C16H25BrN2O/c1-12(13-5-4-6-14(17)11-13)19-15(20)7-8-16(2,3)9-10-18/h4-6,11-12H,7-10,18H2,1-3H3,(H,19,20). The Hall–Kier alpha value is -0.870. The van der Waals surface area contributed by atoms with Gasteiger partial charge in [-0.05, 0) is 49.4 Å². The van der Waals surface area contributed by atoms with E-state index in [1.807, 2.05) is 31.2 Å². The number of benzene rings is 1. The van der Waals surface area contributed by atoms with Gasteiger partial charge < -0.3 is 11.1 Å². The summed E-state index contributed by atoms with van der Waals surface area (Å²) in [5.74, 6) is 0.0996. The van der Waals surface area contributed by atoms with Crippen LogP contribution in [-0.4, -0.2) is 12.5 Å². The minimum atomic E-state index is 0.0256. The first-order chi connectivity index (χ1) is 9.34. The van der Waals surface area contributed by atoms with Crippen LogP contribution < -0.4 is 11.1 Å². The van der Waals surface area contributed by atoms with Crippen molar-refractivity contribution in [3.63, 3.8) is 0 Å². The average Bonchev–Trinajstić information content (AvgIpc) is 2.36. The average molecular weight is 341 g/mol. The highest BCUT2D eigenvalue weighted by Gasteiger charge is 2.19. The third kappa shape index (κ3) is 6.06. The molecule has 20 heavy (non-hydrogen) atoms. The van der Waals surface area contributed by atoms with Crippen molar-refractivity contribution < 1.29 is 4.79 Å². The molecule has 1 amide bonds. The molecule has 0 aliphatic heterocycles. The summed E-state index contributed by atoms with van der Waals surface area (Å²) < 4.78 is 1.03. The van der Waals surface area contributed by atoms with E-state index in [2.05, 4.69) is 35.1 Å². The molecule has 112 valence electrons. The maximum absolute atomic E-state index is 12.0. The molecule has 3 N–H and O–H groups in total. The van der Waals surface area contributed by atoms with Crippen LogP contribution in [0.3, 0.4) is 0 Å². The third-order valence-electron chi connectivity index (χ3n) is 3.58. The summed E-state index contributed by atoms with van der Waals surface area (Å²) in [5, 5.41) is 3.05. The van der Waals surface area contributed by atoms with Crippen molar-refractivity contribution in [3.8, 4) is 0 Å². The van der Waals surface area contributed by atoms with Crippen LogP contribution in [0.4, 0.5) is 0 Å². The maximum atomic E-state index is 12.0. The van der Waals surface area contributed by atoms with Crippen LogP contribution >= 0.6 is 15.9 Å². The minimum Gasteiger partial charge on any atom is -0.350 e. The van der Waals surface area contributed by atoms with E-state index in [0.717, 1.165) is 22.9 Å². The predicted octanol–water partition coefficient (Wildman–Crippen LogP) is 3.78. The molecule has 0 radical (unpaired) electrons. The van der Waals surface area contributed by atoms with Gasteiger partial charge in [0.15, 0.2) is 0 Å². The number of carbonyl (C=O) groups excluding carboxylic acids is 1. The monoisotopic (exact) mass is 340 g/mol. The molecule has 1 atom stereocenters. The summed E-state index contributed by atoms with van der Waals surface area (Å²) >= 11 is 3.45. The second kappa shape index (κ2) is 7.79. The Labute approximate surface area is 130 Å². The van der Waals surface area contributed by atoms with E-state index >= 15 is 0 Å². The lowest BCUT2D eigenvalue weighted by molar-refractivity contribution is -0.122. The van der Waals surface area contributed by atoms with Crippen molar-refractivity contribution in [1.82, 2.24) is 5.32 Å². The van der Waals surface area contributed by atoms with E-state index in [9.17, 15) is 4.79 Å². The molecule has 0 saturated carbocycles. The zero-order valence-corrected chi connectivity index (χ0v) is 14.2. The largest absolute Gasteiger partial charge is 0.350 e. The quantitative estimate of drug-likeness (QED) is 0.793. The molecule has 4 heteroatoms. The van der Waals surface area contributed by atoms with E-state index in [1.165, 1.54) is 0 Å². The highest BCUT2D eigenvalue weighted by atomic mass is 79.9.